The monoisotopic (exact) mass is 305 g/mol. The van der Waals surface area contributed by atoms with E-state index in [4.69, 9.17) is 4.74 Å². The van der Waals surface area contributed by atoms with Crippen molar-refractivity contribution in [3.8, 4) is 0 Å². The van der Waals surface area contributed by atoms with Crippen LogP contribution in [0.5, 0.6) is 0 Å². The average molecular weight is 305 g/mol. The highest BCUT2D eigenvalue weighted by atomic mass is 19.1. The first-order chi connectivity index (χ1) is 10.7. The molecule has 4 heteroatoms. The minimum absolute atomic E-state index is 0.0570. The zero-order valence-electron chi connectivity index (χ0n) is 13.1. The van der Waals surface area contributed by atoms with Gasteiger partial charge >= 0.3 is 0 Å². The summed E-state index contributed by atoms with van der Waals surface area (Å²) in [4.78, 5) is 11.7. The molecule has 0 aromatic heterocycles. The maximum absolute atomic E-state index is 12.8. The second-order valence-electron chi connectivity index (χ2n) is 6.45. The maximum Gasteiger partial charge on any atom is 0.159 e. The van der Waals surface area contributed by atoms with Crippen LogP contribution in [0.1, 0.15) is 42.1 Å². The number of hydrogen-bond donors (Lipinski definition) is 1. The minimum atomic E-state index is -0.471. The van der Waals surface area contributed by atoms with Crippen LogP contribution in [0.4, 0.5) is 4.39 Å². The van der Waals surface area contributed by atoms with Gasteiger partial charge in [-0.3, -0.25) is 4.79 Å². The third-order valence-electron chi connectivity index (χ3n) is 5.24. The van der Waals surface area contributed by atoms with Gasteiger partial charge in [0.1, 0.15) is 12.3 Å². The highest BCUT2D eigenvalue weighted by Gasteiger charge is 2.51. The van der Waals surface area contributed by atoms with Crippen molar-refractivity contribution in [2.45, 2.75) is 31.8 Å². The lowest BCUT2D eigenvalue weighted by Crippen LogP contribution is -2.58. The molecule has 0 spiro atoms. The van der Waals surface area contributed by atoms with Gasteiger partial charge in [0.2, 0.25) is 0 Å². The van der Waals surface area contributed by atoms with Crippen LogP contribution in [0, 0.1) is 11.8 Å². The van der Waals surface area contributed by atoms with Crippen LogP contribution in [0.3, 0.4) is 0 Å². The zero-order valence-corrected chi connectivity index (χ0v) is 13.1. The molecule has 2 atom stereocenters. The predicted molar refractivity (Wildman–Crippen MR) is 83.8 cm³/mol. The number of fused-ring (bicyclic) bond motifs is 2. The van der Waals surface area contributed by atoms with Crippen LogP contribution >= 0.6 is 0 Å². The summed E-state index contributed by atoms with van der Waals surface area (Å²) in [7, 11) is 0. The number of nitrogens with one attached hydrogen (secondary N) is 1. The van der Waals surface area contributed by atoms with Crippen molar-refractivity contribution in [1.29, 1.82) is 0 Å². The standard InChI is InChI=1S/C18H24FNO2/c1-13(21)14-4-2-5-15(10-14)18(22-9-8-19)16-6-3-7-17(18)12-20-11-16/h2,4-5,10,16-17,20H,3,6-9,11-12H2,1H3. The van der Waals surface area contributed by atoms with Crippen LogP contribution in [0.15, 0.2) is 24.3 Å². The van der Waals surface area contributed by atoms with E-state index < -0.39 is 12.3 Å². The number of alkyl halides is 1. The van der Waals surface area contributed by atoms with E-state index in [-0.39, 0.29) is 12.4 Å². The zero-order chi connectivity index (χ0) is 15.6. The quantitative estimate of drug-likeness (QED) is 0.850. The Hall–Kier alpha value is -1.26. The summed E-state index contributed by atoms with van der Waals surface area (Å²) in [6.45, 7) is 3.02. The van der Waals surface area contributed by atoms with Crippen molar-refractivity contribution in [2.24, 2.45) is 11.8 Å². The van der Waals surface area contributed by atoms with Crippen LogP contribution in [-0.2, 0) is 10.3 Å². The third kappa shape index (κ3) is 2.59. The van der Waals surface area contributed by atoms with Crippen LogP contribution in [0.25, 0.3) is 0 Å². The molecule has 0 radical (unpaired) electrons. The number of piperidine rings is 1. The number of Topliss-reactive ketones (excluding diaryl/α,β-unsaturated/α-hetero) is 1. The van der Waals surface area contributed by atoms with E-state index in [1.54, 1.807) is 6.92 Å². The fourth-order valence-corrected chi connectivity index (χ4v) is 4.29. The van der Waals surface area contributed by atoms with Crippen molar-refractivity contribution >= 4 is 5.78 Å². The fraction of sp³-hybridized carbons (Fsp3) is 0.611. The van der Waals surface area contributed by atoms with Gasteiger partial charge in [0.05, 0.1) is 6.61 Å². The summed E-state index contributed by atoms with van der Waals surface area (Å²) in [5.41, 5.74) is 1.31. The third-order valence-corrected chi connectivity index (χ3v) is 5.24. The molecular weight excluding hydrogens is 281 g/mol. The molecule has 1 aromatic rings. The van der Waals surface area contributed by atoms with Crippen molar-refractivity contribution < 1.29 is 13.9 Å². The van der Waals surface area contributed by atoms with Gasteiger partial charge in [0.15, 0.2) is 5.78 Å². The molecule has 2 fully saturated rings. The Labute approximate surface area is 131 Å². The van der Waals surface area contributed by atoms with E-state index in [0.29, 0.717) is 17.4 Å². The minimum Gasteiger partial charge on any atom is -0.367 e. The fourth-order valence-electron chi connectivity index (χ4n) is 4.29. The smallest absolute Gasteiger partial charge is 0.159 e. The molecule has 1 saturated heterocycles. The SMILES string of the molecule is CC(=O)c1cccc(C2(OCCF)C3CCCC2CNC3)c1. The van der Waals surface area contributed by atoms with Gasteiger partial charge in [-0.15, -0.1) is 0 Å². The Bertz CT molecular complexity index is 524. The molecule has 22 heavy (non-hydrogen) atoms. The number of halogens is 1. The molecule has 1 aliphatic carbocycles. The number of carbonyl (C=O) groups is 1. The van der Waals surface area contributed by atoms with Crippen molar-refractivity contribution in [3.63, 3.8) is 0 Å². The highest BCUT2D eigenvalue weighted by molar-refractivity contribution is 5.94. The molecule has 2 bridgehead atoms. The first-order valence-electron chi connectivity index (χ1n) is 8.20. The molecule has 2 unspecified atom stereocenters. The number of hydrogen-bond acceptors (Lipinski definition) is 3. The van der Waals surface area contributed by atoms with Crippen LogP contribution in [0.2, 0.25) is 0 Å². The van der Waals surface area contributed by atoms with E-state index >= 15 is 0 Å². The summed E-state index contributed by atoms with van der Waals surface area (Å²) in [5, 5.41) is 3.48. The number of rotatable bonds is 5. The summed E-state index contributed by atoms with van der Waals surface area (Å²) < 4.78 is 19.0. The predicted octanol–water partition coefficient (Wildman–Crippen LogP) is 3.09. The van der Waals surface area contributed by atoms with Crippen molar-refractivity contribution in [2.75, 3.05) is 26.4 Å². The molecule has 2 aliphatic rings. The lowest BCUT2D eigenvalue weighted by atomic mass is 9.62. The Kier molecular flexibility index (Phi) is 4.59. The molecule has 1 aromatic carbocycles. The van der Waals surface area contributed by atoms with Crippen molar-refractivity contribution in [1.82, 2.24) is 5.32 Å². The van der Waals surface area contributed by atoms with Gasteiger partial charge in [-0.2, -0.15) is 0 Å². The first-order valence-corrected chi connectivity index (χ1v) is 8.20. The van der Waals surface area contributed by atoms with Gasteiger partial charge in [-0.25, -0.2) is 4.39 Å². The molecule has 3 nitrogen and oxygen atoms in total. The van der Waals surface area contributed by atoms with Crippen LogP contribution < -0.4 is 5.32 Å². The lowest BCUT2D eigenvalue weighted by molar-refractivity contribution is -0.166. The molecule has 1 heterocycles. The number of ether oxygens (including phenoxy) is 1. The Morgan fingerprint density at radius 1 is 1.36 bits per heavy atom. The highest BCUT2D eigenvalue weighted by Crippen LogP contribution is 2.50. The van der Waals surface area contributed by atoms with E-state index in [9.17, 15) is 9.18 Å². The molecule has 1 aliphatic heterocycles. The van der Waals surface area contributed by atoms with Gasteiger partial charge < -0.3 is 10.1 Å². The van der Waals surface area contributed by atoms with Gasteiger partial charge in [0.25, 0.3) is 0 Å². The second kappa shape index (κ2) is 6.47. The first kappa shape index (κ1) is 15.6. The Balaban J connectivity index is 2.05. The van der Waals surface area contributed by atoms with Gasteiger partial charge in [-0.1, -0.05) is 24.6 Å². The summed E-state index contributed by atoms with van der Waals surface area (Å²) in [5.74, 6) is 0.740. The summed E-state index contributed by atoms with van der Waals surface area (Å²) in [6, 6.07) is 7.76. The number of carbonyl (C=O) groups excluding carboxylic acids is 1. The Morgan fingerprint density at radius 3 is 2.73 bits per heavy atom. The average Bonchev–Trinajstić information content (AvgIpc) is 2.52. The largest absolute Gasteiger partial charge is 0.367 e. The van der Waals surface area contributed by atoms with E-state index in [1.165, 1.54) is 6.42 Å². The van der Waals surface area contributed by atoms with E-state index in [2.05, 4.69) is 5.32 Å². The second-order valence-corrected chi connectivity index (χ2v) is 6.45. The molecule has 120 valence electrons. The lowest BCUT2D eigenvalue weighted by Gasteiger charge is -2.53. The molecule has 1 saturated carbocycles. The molecule has 0 amide bonds. The number of ketones is 1. The van der Waals surface area contributed by atoms with Crippen molar-refractivity contribution in [3.05, 3.63) is 35.4 Å². The molecule has 1 N–H and O–H groups in total. The summed E-state index contributed by atoms with van der Waals surface area (Å²) >= 11 is 0. The Morgan fingerprint density at radius 2 is 2.09 bits per heavy atom. The van der Waals surface area contributed by atoms with E-state index in [1.807, 2.05) is 24.3 Å². The van der Waals surface area contributed by atoms with Gasteiger partial charge in [-0.05, 0) is 31.4 Å². The normalized spacial score (nSPS) is 31.0. The maximum atomic E-state index is 12.8. The summed E-state index contributed by atoms with van der Waals surface area (Å²) in [6.07, 6.45) is 3.37. The molecule has 3 rings (SSSR count). The molecular formula is C18H24FNO2. The van der Waals surface area contributed by atoms with Crippen LogP contribution in [-0.4, -0.2) is 32.2 Å². The topological polar surface area (TPSA) is 38.3 Å². The van der Waals surface area contributed by atoms with Gasteiger partial charge in [0, 0.05) is 30.5 Å². The van der Waals surface area contributed by atoms with E-state index in [0.717, 1.165) is 31.5 Å². The number of benzene rings is 1.